The van der Waals surface area contributed by atoms with Gasteiger partial charge in [-0.3, -0.25) is 4.98 Å². The van der Waals surface area contributed by atoms with Crippen LogP contribution in [0, 0.1) is 6.92 Å². The number of ether oxygens (including phenoxy) is 1. The summed E-state index contributed by atoms with van der Waals surface area (Å²) in [5, 5.41) is 8.44. The molecule has 3 aromatic carbocycles. The molecule has 0 aliphatic heterocycles. The van der Waals surface area contributed by atoms with Crippen molar-refractivity contribution in [3.63, 3.8) is 0 Å². The minimum atomic E-state index is 0.176. The van der Waals surface area contributed by atoms with Crippen molar-refractivity contribution in [2.24, 2.45) is 0 Å². The maximum atomic E-state index is 5.50. The van der Waals surface area contributed by atoms with Gasteiger partial charge in [0.2, 0.25) is 0 Å². The molecule has 0 saturated heterocycles. The van der Waals surface area contributed by atoms with Crippen molar-refractivity contribution in [1.29, 1.82) is 0 Å². The van der Waals surface area contributed by atoms with E-state index in [0.29, 0.717) is 13.2 Å². The zero-order valence-corrected chi connectivity index (χ0v) is 18.1. The number of rotatable bonds is 9. The minimum Gasteiger partial charge on any atom is -0.383 e. The molecule has 1 unspecified atom stereocenters. The van der Waals surface area contributed by atoms with Crippen molar-refractivity contribution < 1.29 is 4.74 Å². The predicted octanol–water partition coefficient (Wildman–Crippen LogP) is 5.82. The number of anilines is 2. The topological polar surface area (TPSA) is 46.2 Å². The fourth-order valence-electron chi connectivity index (χ4n) is 3.85. The van der Waals surface area contributed by atoms with Crippen molar-refractivity contribution in [2.75, 3.05) is 24.4 Å². The molecule has 0 aliphatic carbocycles. The zero-order chi connectivity index (χ0) is 21.5. The fourth-order valence-corrected chi connectivity index (χ4v) is 3.85. The summed E-state index contributed by atoms with van der Waals surface area (Å²) in [6.45, 7) is 3.46. The Balaban J connectivity index is 1.49. The Hall–Kier alpha value is -3.37. The Labute approximate surface area is 184 Å². The molecule has 4 aromatic rings. The molecule has 2 N–H and O–H groups in total. The normalized spacial score (nSPS) is 11.9. The van der Waals surface area contributed by atoms with Crippen LogP contribution in [0.1, 0.15) is 16.7 Å². The highest BCUT2D eigenvalue weighted by molar-refractivity contribution is 5.82. The van der Waals surface area contributed by atoms with Gasteiger partial charge in [0.1, 0.15) is 0 Å². The molecule has 4 heteroatoms. The third-order valence-corrected chi connectivity index (χ3v) is 5.44. The maximum Gasteiger partial charge on any atom is 0.0751 e. The molecule has 4 rings (SSSR count). The number of nitrogens with zero attached hydrogens (tertiary/aromatic N) is 1. The van der Waals surface area contributed by atoms with Gasteiger partial charge in [0, 0.05) is 25.2 Å². The molecule has 0 saturated carbocycles. The van der Waals surface area contributed by atoms with E-state index in [9.17, 15) is 0 Å². The van der Waals surface area contributed by atoms with Crippen LogP contribution >= 0.6 is 0 Å². The van der Waals surface area contributed by atoms with Gasteiger partial charge in [-0.25, -0.2) is 0 Å². The largest absolute Gasteiger partial charge is 0.383 e. The predicted molar refractivity (Wildman–Crippen MR) is 130 cm³/mol. The van der Waals surface area contributed by atoms with E-state index in [0.717, 1.165) is 28.7 Å². The molecule has 1 aromatic heterocycles. The molecule has 31 heavy (non-hydrogen) atoms. The zero-order valence-electron chi connectivity index (χ0n) is 18.1. The van der Waals surface area contributed by atoms with Gasteiger partial charge in [-0.15, -0.1) is 0 Å². The lowest BCUT2D eigenvalue weighted by Gasteiger charge is -2.22. The molecule has 158 valence electrons. The van der Waals surface area contributed by atoms with Crippen molar-refractivity contribution >= 4 is 22.3 Å². The number of aromatic nitrogens is 1. The van der Waals surface area contributed by atoms with Crippen molar-refractivity contribution in [3.8, 4) is 0 Å². The highest BCUT2D eigenvalue weighted by Gasteiger charge is 2.12. The second-order valence-corrected chi connectivity index (χ2v) is 7.88. The molecule has 0 amide bonds. The highest BCUT2D eigenvalue weighted by atomic mass is 16.5. The van der Waals surface area contributed by atoms with E-state index < -0.39 is 0 Å². The van der Waals surface area contributed by atoms with Gasteiger partial charge in [0.15, 0.2) is 0 Å². The Morgan fingerprint density at radius 1 is 0.871 bits per heavy atom. The van der Waals surface area contributed by atoms with Gasteiger partial charge >= 0.3 is 0 Å². The quantitative estimate of drug-likeness (QED) is 0.364. The molecule has 4 nitrogen and oxygen atoms in total. The fraction of sp³-hybridized carbons (Fsp3) is 0.222. The van der Waals surface area contributed by atoms with Crippen LogP contribution in [0.2, 0.25) is 0 Å². The Bertz CT molecular complexity index is 1120. The van der Waals surface area contributed by atoms with Gasteiger partial charge in [-0.1, -0.05) is 66.2 Å². The third-order valence-electron chi connectivity index (χ3n) is 5.44. The van der Waals surface area contributed by atoms with Gasteiger partial charge in [-0.05, 0) is 42.7 Å². The molecular formula is C27H29N3O. The molecule has 1 atom stereocenters. The Morgan fingerprint density at radius 3 is 2.45 bits per heavy atom. The number of aryl methyl sites for hydroxylation is 1. The van der Waals surface area contributed by atoms with Gasteiger partial charge < -0.3 is 15.4 Å². The van der Waals surface area contributed by atoms with Gasteiger partial charge in [-0.2, -0.15) is 0 Å². The van der Waals surface area contributed by atoms with Gasteiger partial charge in [0.25, 0.3) is 0 Å². The summed E-state index contributed by atoms with van der Waals surface area (Å²) in [5.41, 5.74) is 6.94. The van der Waals surface area contributed by atoms with E-state index in [4.69, 9.17) is 4.74 Å². The third kappa shape index (κ3) is 5.41. The summed E-state index contributed by atoms with van der Waals surface area (Å²) in [6.07, 6.45) is 2.75. The Kier molecular flexibility index (Phi) is 6.80. The van der Waals surface area contributed by atoms with Crippen LogP contribution in [0.3, 0.4) is 0 Å². The second kappa shape index (κ2) is 10.1. The molecule has 0 fully saturated rings. The number of hydrogen-bond acceptors (Lipinski definition) is 4. The van der Waals surface area contributed by atoms with Crippen LogP contribution < -0.4 is 10.6 Å². The van der Waals surface area contributed by atoms with E-state index in [-0.39, 0.29) is 6.04 Å². The van der Waals surface area contributed by atoms with Crippen molar-refractivity contribution in [1.82, 2.24) is 4.98 Å². The van der Waals surface area contributed by atoms with E-state index in [1.807, 2.05) is 12.3 Å². The van der Waals surface area contributed by atoms with Crippen molar-refractivity contribution in [2.45, 2.75) is 25.9 Å². The lowest BCUT2D eigenvalue weighted by atomic mass is 10.0. The van der Waals surface area contributed by atoms with Crippen LogP contribution in [0.4, 0.5) is 11.4 Å². The van der Waals surface area contributed by atoms with E-state index >= 15 is 0 Å². The summed E-state index contributed by atoms with van der Waals surface area (Å²) in [4.78, 5) is 4.57. The Morgan fingerprint density at radius 2 is 1.65 bits per heavy atom. The average Bonchev–Trinajstić information content (AvgIpc) is 2.80. The minimum absolute atomic E-state index is 0.176. The summed E-state index contributed by atoms with van der Waals surface area (Å²) in [6, 6.07) is 27.6. The molecule has 0 bridgehead atoms. The van der Waals surface area contributed by atoms with Gasteiger partial charge in [0.05, 0.1) is 29.5 Å². The first-order chi connectivity index (χ1) is 15.2. The first kappa shape index (κ1) is 20.9. The molecule has 0 radical (unpaired) electrons. The smallest absolute Gasteiger partial charge is 0.0751 e. The standard InChI is InChI=1S/C27H29N3O/c1-20-12-14-21(15-13-20)17-24(19-31-2)30-26-11-4-3-10-25(26)29-18-23-8-5-7-22-9-6-16-28-27(22)23/h3-16,24,29-30H,17-19H2,1-2H3. The highest BCUT2D eigenvalue weighted by Crippen LogP contribution is 2.25. The van der Waals surface area contributed by atoms with Crippen LogP contribution in [-0.2, 0) is 17.7 Å². The van der Waals surface area contributed by atoms with Crippen LogP contribution in [0.5, 0.6) is 0 Å². The van der Waals surface area contributed by atoms with E-state index in [1.165, 1.54) is 16.7 Å². The number of hydrogen-bond donors (Lipinski definition) is 2. The number of nitrogens with one attached hydrogen (secondary N) is 2. The van der Waals surface area contributed by atoms with Crippen LogP contribution in [-0.4, -0.2) is 24.7 Å². The van der Waals surface area contributed by atoms with E-state index in [2.05, 4.69) is 95.3 Å². The summed E-state index contributed by atoms with van der Waals surface area (Å²) < 4.78 is 5.50. The van der Waals surface area contributed by atoms with Crippen LogP contribution in [0.25, 0.3) is 10.9 Å². The maximum absolute atomic E-state index is 5.50. The summed E-state index contributed by atoms with van der Waals surface area (Å²) in [7, 11) is 1.75. The average molecular weight is 412 g/mol. The van der Waals surface area contributed by atoms with Crippen molar-refractivity contribution in [3.05, 3.63) is 102 Å². The van der Waals surface area contributed by atoms with E-state index in [1.54, 1.807) is 7.11 Å². The molecule has 0 aliphatic rings. The SMILES string of the molecule is COCC(Cc1ccc(C)cc1)Nc1ccccc1NCc1cccc2cccnc12. The molecular weight excluding hydrogens is 382 g/mol. The van der Waals surface area contributed by atoms with Crippen LogP contribution in [0.15, 0.2) is 85.1 Å². The molecule has 1 heterocycles. The first-order valence-electron chi connectivity index (χ1n) is 10.7. The lowest BCUT2D eigenvalue weighted by Crippen LogP contribution is -2.28. The molecule has 0 spiro atoms. The number of pyridine rings is 1. The number of fused-ring (bicyclic) bond motifs is 1. The number of methoxy groups -OCH3 is 1. The summed E-state index contributed by atoms with van der Waals surface area (Å²) in [5.74, 6) is 0. The number of benzene rings is 3. The number of para-hydroxylation sites is 3. The summed E-state index contributed by atoms with van der Waals surface area (Å²) >= 11 is 0. The first-order valence-corrected chi connectivity index (χ1v) is 10.7. The monoisotopic (exact) mass is 411 g/mol. The lowest BCUT2D eigenvalue weighted by molar-refractivity contribution is 0.185. The second-order valence-electron chi connectivity index (χ2n) is 7.88.